The molecule has 1 heterocycles. The van der Waals surface area contributed by atoms with Gasteiger partial charge < -0.3 is 19.7 Å². The van der Waals surface area contributed by atoms with Gasteiger partial charge in [-0.3, -0.25) is 0 Å². The highest BCUT2D eigenvalue weighted by Gasteiger charge is 2.28. The molecule has 0 aromatic heterocycles. The first-order chi connectivity index (χ1) is 6.07. The van der Waals surface area contributed by atoms with Crippen LogP contribution in [-0.4, -0.2) is 39.4 Å². The molecule has 3 radical (unpaired) electrons. The van der Waals surface area contributed by atoms with Crippen LogP contribution in [0.1, 0.15) is 13.8 Å². The van der Waals surface area contributed by atoms with E-state index >= 15 is 0 Å². The molecule has 4 nitrogen and oxygen atoms in total. The minimum atomic E-state index is -1.44. The molecule has 0 unspecified atom stereocenters. The molecule has 0 aromatic rings. The van der Waals surface area contributed by atoms with Crippen molar-refractivity contribution in [3.8, 4) is 0 Å². The van der Waals surface area contributed by atoms with Crippen molar-refractivity contribution < 1.29 is 19.7 Å². The second kappa shape index (κ2) is 4.14. The fraction of sp³-hybridized carbons (Fsp3) is 0.333. The van der Waals surface area contributed by atoms with E-state index in [2.05, 4.69) is 0 Å². The second-order valence-corrected chi connectivity index (χ2v) is 3.96. The summed E-state index contributed by atoms with van der Waals surface area (Å²) < 4.78 is 4.82. The van der Waals surface area contributed by atoms with Gasteiger partial charge in [0.05, 0.1) is 5.38 Å². The molecule has 0 aromatic carbocycles. The van der Waals surface area contributed by atoms with Gasteiger partial charge in [-0.25, -0.2) is 0 Å². The molecule has 0 aliphatic carbocycles. The number of allylic oxidation sites excluding steroid dienone is 2. The fourth-order valence-corrected chi connectivity index (χ4v) is 2.35. The molecule has 67 valence electrons. The summed E-state index contributed by atoms with van der Waals surface area (Å²) in [5.74, 6) is 0. The van der Waals surface area contributed by atoms with E-state index in [1.54, 1.807) is 6.92 Å². The molecule has 0 atom stereocenters. The molecule has 1 aliphatic heterocycles. The molecule has 3 N–H and O–H groups in total. The fourth-order valence-electron chi connectivity index (χ4n) is 1.11. The SMILES string of the molecule is CC1=C(O[B]O)[Si]C(B(O)O)=C1C. The average Bonchev–Trinajstić information content (AvgIpc) is 2.33. The lowest BCUT2D eigenvalue weighted by atomic mass is 9.86. The van der Waals surface area contributed by atoms with E-state index < -0.39 is 7.12 Å². The highest BCUT2D eigenvalue weighted by molar-refractivity contribution is 6.77. The summed E-state index contributed by atoms with van der Waals surface area (Å²) in [5, 5.41) is 27.5. The normalized spacial score (nSPS) is 16.7. The number of hydrogen-bond acceptors (Lipinski definition) is 4. The summed E-state index contributed by atoms with van der Waals surface area (Å²) in [4.78, 5) is 0. The first-order valence-electron chi connectivity index (χ1n) is 3.75. The van der Waals surface area contributed by atoms with E-state index in [0.717, 1.165) is 11.1 Å². The molecule has 1 rings (SSSR count). The zero-order chi connectivity index (χ0) is 10.0. The Morgan fingerprint density at radius 3 is 2.31 bits per heavy atom. The van der Waals surface area contributed by atoms with Gasteiger partial charge in [0.1, 0.15) is 0 Å². The van der Waals surface area contributed by atoms with Crippen LogP contribution in [0, 0.1) is 0 Å². The maximum Gasteiger partial charge on any atom is 0.568 e. The van der Waals surface area contributed by atoms with Gasteiger partial charge in [-0.05, 0) is 24.5 Å². The third-order valence-electron chi connectivity index (χ3n) is 1.98. The van der Waals surface area contributed by atoms with Gasteiger partial charge in [0.25, 0.3) is 0 Å². The number of rotatable bonds is 3. The second-order valence-electron chi connectivity index (χ2n) is 2.71. The Balaban J connectivity index is 2.81. The molecule has 0 saturated heterocycles. The van der Waals surface area contributed by atoms with Crippen LogP contribution in [0.25, 0.3) is 0 Å². The van der Waals surface area contributed by atoms with Crippen LogP contribution < -0.4 is 0 Å². The molecular weight excluding hydrogens is 186 g/mol. The zero-order valence-corrected chi connectivity index (χ0v) is 8.40. The van der Waals surface area contributed by atoms with Gasteiger partial charge >= 0.3 is 14.8 Å². The van der Waals surface area contributed by atoms with Crippen molar-refractivity contribution in [1.29, 1.82) is 0 Å². The first-order valence-corrected chi connectivity index (χ1v) is 4.75. The van der Waals surface area contributed by atoms with Crippen molar-refractivity contribution >= 4 is 24.3 Å². The van der Waals surface area contributed by atoms with Crippen LogP contribution in [0.4, 0.5) is 0 Å². The van der Waals surface area contributed by atoms with Gasteiger partial charge in [-0.2, -0.15) is 0 Å². The lowest BCUT2D eigenvalue weighted by molar-refractivity contribution is 0.390. The maximum atomic E-state index is 8.98. The topological polar surface area (TPSA) is 69.9 Å². The molecule has 0 fully saturated rings. The molecular formula is C6H9B2O4Si. The van der Waals surface area contributed by atoms with Crippen LogP contribution in [0.2, 0.25) is 0 Å². The molecule has 7 heteroatoms. The van der Waals surface area contributed by atoms with E-state index in [1.807, 2.05) is 6.92 Å². The van der Waals surface area contributed by atoms with Crippen molar-refractivity contribution in [2.45, 2.75) is 13.8 Å². The molecule has 1 aliphatic rings. The Labute approximate surface area is 80.2 Å². The quantitative estimate of drug-likeness (QED) is 0.492. The summed E-state index contributed by atoms with van der Waals surface area (Å²) in [6.45, 7) is 3.61. The predicted octanol–water partition coefficient (Wildman–Crippen LogP) is -1.24. The summed E-state index contributed by atoms with van der Waals surface area (Å²) in [7, 11) is -0.750. The molecule has 0 saturated carbocycles. The van der Waals surface area contributed by atoms with E-state index in [1.165, 1.54) is 0 Å². The Morgan fingerprint density at radius 1 is 1.31 bits per heavy atom. The Bertz CT molecular complexity index is 274. The van der Waals surface area contributed by atoms with Crippen molar-refractivity contribution in [1.82, 2.24) is 0 Å². The minimum Gasteiger partial charge on any atom is -0.545 e. The van der Waals surface area contributed by atoms with Gasteiger partial charge in [-0.15, -0.1) is 0 Å². The molecule has 0 bridgehead atoms. The van der Waals surface area contributed by atoms with Crippen LogP contribution in [0.15, 0.2) is 21.6 Å². The van der Waals surface area contributed by atoms with Crippen LogP contribution in [0.3, 0.4) is 0 Å². The number of hydrogen-bond donors (Lipinski definition) is 3. The van der Waals surface area contributed by atoms with Gasteiger partial charge in [0.2, 0.25) is 0 Å². The van der Waals surface area contributed by atoms with Gasteiger partial charge in [-0.1, -0.05) is 5.57 Å². The van der Waals surface area contributed by atoms with Gasteiger partial charge in [0, 0.05) is 0 Å². The highest BCUT2D eigenvalue weighted by Crippen LogP contribution is 2.26. The Morgan fingerprint density at radius 2 is 1.92 bits per heavy atom. The van der Waals surface area contributed by atoms with Crippen LogP contribution in [0.5, 0.6) is 0 Å². The van der Waals surface area contributed by atoms with E-state index in [0.29, 0.717) is 18.2 Å². The maximum absolute atomic E-state index is 8.98. The largest absolute Gasteiger partial charge is 0.568 e. The molecule has 0 spiro atoms. The third-order valence-corrected chi connectivity index (χ3v) is 3.61. The van der Waals surface area contributed by atoms with Gasteiger partial charge in [0.15, 0.2) is 9.52 Å². The van der Waals surface area contributed by atoms with Crippen molar-refractivity contribution in [3.63, 3.8) is 0 Å². The zero-order valence-electron chi connectivity index (χ0n) is 7.40. The lowest BCUT2D eigenvalue weighted by Gasteiger charge is -2.03. The van der Waals surface area contributed by atoms with Crippen LogP contribution >= 0.6 is 0 Å². The minimum absolute atomic E-state index is 0.0845. The van der Waals surface area contributed by atoms with E-state index in [-0.39, 0.29) is 9.52 Å². The summed E-state index contributed by atoms with van der Waals surface area (Å²) in [6, 6.07) is 0. The summed E-state index contributed by atoms with van der Waals surface area (Å²) in [5.41, 5.74) is 1.68. The summed E-state index contributed by atoms with van der Waals surface area (Å²) >= 11 is 0. The van der Waals surface area contributed by atoms with Crippen molar-refractivity contribution in [2.75, 3.05) is 0 Å². The highest BCUT2D eigenvalue weighted by atomic mass is 28.2. The van der Waals surface area contributed by atoms with Crippen molar-refractivity contribution in [3.05, 3.63) is 21.6 Å². The Kier molecular flexibility index (Phi) is 3.38. The summed E-state index contributed by atoms with van der Waals surface area (Å²) in [6.07, 6.45) is 0. The van der Waals surface area contributed by atoms with Crippen LogP contribution in [-0.2, 0) is 4.65 Å². The third kappa shape index (κ3) is 2.05. The standard InChI is InChI=1S/C6H9B2O4Si/c1-3-4(2)6(12-7-9)13-5(3)8(10)11/h9-11H,1-2H3. The Hall–Kier alpha value is -0.493. The first kappa shape index (κ1) is 10.6. The lowest BCUT2D eigenvalue weighted by Crippen LogP contribution is -2.21. The van der Waals surface area contributed by atoms with Crippen molar-refractivity contribution in [2.24, 2.45) is 0 Å². The van der Waals surface area contributed by atoms with E-state index in [4.69, 9.17) is 19.7 Å². The smallest absolute Gasteiger partial charge is 0.545 e. The molecule has 13 heavy (non-hydrogen) atoms. The predicted molar refractivity (Wildman–Crippen MR) is 50.4 cm³/mol. The molecule has 0 amide bonds. The van der Waals surface area contributed by atoms with E-state index in [9.17, 15) is 0 Å². The monoisotopic (exact) mass is 195 g/mol. The average molecular weight is 195 g/mol.